The first-order chi connectivity index (χ1) is 11.0. The van der Waals surface area contributed by atoms with Gasteiger partial charge in [-0.25, -0.2) is 4.79 Å². The highest BCUT2D eigenvalue weighted by Gasteiger charge is 2.10. The summed E-state index contributed by atoms with van der Waals surface area (Å²) in [6.45, 7) is -0.261. The van der Waals surface area contributed by atoms with E-state index in [-0.39, 0.29) is 28.8 Å². The minimum atomic E-state index is -1.09. The Kier molecular flexibility index (Phi) is 5.43. The lowest BCUT2D eigenvalue weighted by atomic mass is 10.2. The number of rotatable bonds is 6. The Morgan fingerprint density at radius 1 is 1.22 bits per heavy atom. The van der Waals surface area contributed by atoms with E-state index >= 15 is 0 Å². The third-order valence-electron chi connectivity index (χ3n) is 2.89. The van der Waals surface area contributed by atoms with Gasteiger partial charge in [-0.05, 0) is 30.3 Å². The Labute approximate surface area is 137 Å². The van der Waals surface area contributed by atoms with Gasteiger partial charge < -0.3 is 19.9 Å². The summed E-state index contributed by atoms with van der Waals surface area (Å²) in [4.78, 5) is 22.7. The maximum atomic E-state index is 11.9. The fourth-order valence-electron chi connectivity index (χ4n) is 1.79. The van der Waals surface area contributed by atoms with Crippen molar-refractivity contribution in [2.75, 3.05) is 19.0 Å². The second-order valence-electron chi connectivity index (χ2n) is 4.52. The van der Waals surface area contributed by atoms with Crippen molar-refractivity contribution in [2.45, 2.75) is 0 Å². The van der Waals surface area contributed by atoms with Gasteiger partial charge in [0.25, 0.3) is 5.91 Å². The Balaban J connectivity index is 1.95. The van der Waals surface area contributed by atoms with Crippen LogP contribution in [0.2, 0.25) is 5.02 Å². The summed E-state index contributed by atoms with van der Waals surface area (Å²) >= 11 is 5.92. The molecule has 120 valence electrons. The van der Waals surface area contributed by atoms with Crippen molar-refractivity contribution in [1.29, 1.82) is 0 Å². The Hall–Kier alpha value is -2.73. The monoisotopic (exact) mass is 335 g/mol. The number of amides is 1. The molecule has 0 unspecified atom stereocenters. The van der Waals surface area contributed by atoms with Crippen molar-refractivity contribution in [1.82, 2.24) is 0 Å². The zero-order valence-corrected chi connectivity index (χ0v) is 13.0. The third kappa shape index (κ3) is 4.62. The number of carboxylic acid groups (broad SMARTS) is 1. The lowest BCUT2D eigenvalue weighted by Gasteiger charge is -2.10. The quantitative estimate of drug-likeness (QED) is 0.847. The molecule has 0 saturated heterocycles. The van der Waals surface area contributed by atoms with Crippen LogP contribution >= 0.6 is 11.6 Å². The molecular formula is C16H14ClNO5. The molecule has 0 spiro atoms. The van der Waals surface area contributed by atoms with Crippen molar-refractivity contribution >= 4 is 29.2 Å². The molecule has 2 aromatic carbocycles. The Morgan fingerprint density at radius 2 is 2.00 bits per heavy atom. The molecule has 0 radical (unpaired) electrons. The average Bonchev–Trinajstić information content (AvgIpc) is 2.53. The number of hydrogen-bond donors (Lipinski definition) is 2. The van der Waals surface area contributed by atoms with Crippen molar-refractivity contribution in [2.24, 2.45) is 0 Å². The van der Waals surface area contributed by atoms with Gasteiger partial charge in [-0.15, -0.1) is 0 Å². The number of nitrogens with one attached hydrogen (secondary N) is 1. The highest BCUT2D eigenvalue weighted by molar-refractivity contribution is 6.32. The Morgan fingerprint density at radius 3 is 2.65 bits per heavy atom. The highest BCUT2D eigenvalue weighted by Crippen LogP contribution is 2.25. The van der Waals surface area contributed by atoms with E-state index < -0.39 is 5.97 Å². The number of ether oxygens (including phenoxy) is 2. The van der Waals surface area contributed by atoms with E-state index in [1.807, 2.05) is 0 Å². The van der Waals surface area contributed by atoms with Crippen molar-refractivity contribution in [3.05, 3.63) is 53.1 Å². The van der Waals surface area contributed by atoms with Crippen molar-refractivity contribution < 1.29 is 24.2 Å². The van der Waals surface area contributed by atoms with Crippen LogP contribution in [0.1, 0.15) is 10.4 Å². The lowest BCUT2D eigenvalue weighted by Crippen LogP contribution is -2.20. The predicted octanol–water partition coefficient (Wildman–Crippen LogP) is 3.06. The number of anilines is 1. The molecule has 1 amide bonds. The standard InChI is InChI=1S/C16H14ClNO5/c1-22-12-4-2-3-11(8-12)18-15(19)9-23-14-6-5-10(16(20)21)7-13(14)17/h2-8H,9H2,1H3,(H,18,19)(H,20,21). The molecule has 23 heavy (non-hydrogen) atoms. The van der Waals surface area contributed by atoms with Gasteiger partial charge in [0, 0.05) is 11.8 Å². The van der Waals surface area contributed by atoms with Crippen LogP contribution in [0.4, 0.5) is 5.69 Å². The zero-order valence-electron chi connectivity index (χ0n) is 12.2. The van der Waals surface area contributed by atoms with Crippen LogP contribution in [0.5, 0.6) is 11.5 Å². The summed E-state index contributed by atoms with van der Waals surface area (Å²) in [5.41, 5.74) is 0.619. The maximum Gasteiger partial charge on any atom is 0.335 e. The molecule has 7 heteroatoms. The van der Waals surface area contributed by atoms with Gasteiger partial charge in [0.05, 0.1) is 17.7 Å². The third-order valence-corrected chi connectivity index (χ3v) is 3.19. The van der Waals surface area contributed by atoms with Crippen LogP contribution in [0.3, 0.4) is 0 Å². The van der Waals surface area contributed by atoms with Crippen LogP contribution in [0, 0.1) is 0 Å². The van der Waals surface area contributed by atoms with Crippen LogP contribution in [0.25, 0.3) is 0 Å². The molecule has 0 heterocycles. The number of benzene rings is 2. The number of methoxy groups -OCH3 is 1. The SMILES string of the molecule is COc1cccc(NC(=O)COc2ccc(C(=O)O)cc2Cl)c1. The fraction of sp³-hybridized carbons (Fsp3) is 0.125. The van der Waals surface area contributed by atoms with Crippen LogP contribution in [-0.2, 0) is 4.79 Å². The summed E-state index contributed by atoms with van der Waals surface area (Å²) in [5, 5.41) is 11.6. The van der Waals surface area contributed by atoms with E-state index in [0.29, 0.717) is 11.4 Å². The van der Waals surface area contributed by atoms with E-state index in [0.717, 1.165) is 0 Å². The molecule has 2 rings (SSSR count). The van der Waals surface area contributed by atoms with Gasteiger partial charge in [-0.1, -0.05) is 17.7 Å². The molecule has 0 aliphatic rings. The summed E-state index contributed by atoms with van der Waals surface area (Å²) in [7, 11) is 1.53. The second kappa shape index (κ2) is 7.51. The molecule has 0 aliphatic carbocycles. The minimum Gasteiger partial charge on any atom is -0.497 e. The van der Waals surface area contributed by atoms with E-state index in [9.17, 15) is 9.59 Å². The smallest absolute Gasteiger partial charge is 0.335 e. The topological polar surface area (TPSA) is 84.9 Å². The van der Waals surface area contributed by atoms with E-state index in [1.54, 1.807) is 24.3 Å². The van der Waals surface area contributed by atoms with Crippen molar-refractivity contribution in [3.63, 3.8) is 0 Å². The number of carboxylic acids is 1. The first kappa shape index (κ1) is 16.6. The van der Waals surface area contributed by atoms with Gasteiger partial charge in [0.15, 0.2) is 6.61 Å². The zero-order chi connectivity index (χ0) is 16.8. The summed E-state index contributed by atoms with van der Waals surface area (Å²) < 4.78 is 10.4. The molecule has 2 N–H and O–H groups in total. The molecule has 0 atom stereocenters. The van der Waals surface area contributed by atoms with Gasteiger partial charge >= 0.3 is 5.97 Å². The summed E-state index contributed by atoms with van der Waals surface area (Å²) in [6, 6.07) is 10.9. The molecular weight excluding hydrogens is 322 g/mol. The van der Waals surface area contributed by atoms with E-state index in [1.165, 1.54) is 25.3 Å². The fourth-order valence-corrected chi connectivity index (χ4v) is 2.03. The average molecular weight is 336 g/mol. The normalized spacial score (nSPS) is 10.0. The lowest BCUT2D eigenvalue weighted by molar-refractivity contribution is -0.118. The first-order valence-electron chi connectivity index (χ1n) is 6.59. The molecule has 6 nitrogen and oxygen atoms in total. The number of carbonyl (C=O) groups excluding carboxylic acids is 1. The highest BCUT2D eigenvalue weighted by atomic mass is 35.5. The molecule has 2 aromatic rings. The number of hydrogen-bond acceptors (Lipinski definition) is 4. The Bertz CT molecular complexity index is 732. The number of aromatic carboxylic acids is 1. The molecule has 0 aromatic heterocycles. The summed E-state index contributed by atoms with van der Waals surface area (Å²) in [5.74, 6) is -0.612. The van der Waals surface area contributed by atoms with Gasteiger partial charge in [0.1, 0.15) is 11.5 Å². The second-order valence-corrected chi connectivity index (χ2v) is 4.93. The van der Waals surface area contributed by atoms with Crippen LogP contribution < -0.4 is 14.8 Å². The van der Waals surface area contributed by atoms with Crippen molar-refractivity contribution in [3.8, 4) is 11.5 Å². The largest absolute Gasteiger partial charge is 0.497 e. The van der Waals surface area contributed by atoms with E-state index in [2.05, 4.69) is 5.32 Å². The number of halogens is 1. The van der Waals surface area contributed by atoms with Gasteiger partial charge in [-0.3, -0.25) is 4.79 Å². The maximum absolute atomic E-state index is 11.9. The first-order valence-corrected chi connectivity index (χ1v) is 6.97. The molecule has 0 bridgehead atoms. The van der Waals surface area contributed by atoms with Crippen LogP contribution in [0.15, 0.2) is 42.5 Å². The van der Waals surface area contributed by atoms with E-state index in [4.69, 9.17) is 26.2 Å². The van der Waals surface area contributed by atoms with Crippen LogP contribution in [-0.4, -0.2) is 30.7 Å². The minimum absolute atomic E-state index is 0.0446. The van der Waals surface area contributed by atoms with Gasteiger partial charge in [0.2, 0.25) is 0 Å². The van der Waals surface area contributed by atoms with Gasteiger partial charge in [-0.2, -0.15) is 0 Å². The number of carbonyl (C=O) groups is 2. The molecule has 0 saturated carbocycles. The molecule has 0 fully saturated rings. The predicted molar refractivity (Wildman–Crippen MR) is 85.5 cm³/mol. The molecule has 0 aliphatic heterocycles. The summed E-state index contributed by atoms with van der Waals surface area (Å²) in [6.07, 6.45) is 0.